The number of carbonyl (C=O) groups is 1. The highest BCUT2D eigenvalue weighted by atomic mass is 35.5. The highest BCUT2D eigenvalue weighted by Gasteiger charge is 2.34. The molecular weight excluding hydrogens is 308 g/mol. The van der Waals surface area contributed by atoms with Crippen LogP contribution in [0.1, 0.15) is 30.0 Å². The van der Waals surface area contributed by atoms with Crippen LogP contribution in [0.4, 0.5) is 4.39 Å². The van der Waals surface area contributed by atoms with Gasteiger partial charge in [0.25, 0.3) is 0 Å². The van der Waals surface area contributed by atoms with Crippen molar-refractivity contribution in [1.82, 2.24) is 5.16 Å². The van der Waals surface area contributed by atoms with Crippen molar-refractivity contribution in [3.8, 4) is 11.3 Å². The second-order valence-corrected chi connectivity index (χ2v) is 5.48. The molecule has 0 atom stereocenters. The molecule has 0 spiro atoms. The molecule has 1 aromatic carbocycles. The molecule has 0 saturated carbocycles. The fourth-order valence-corrected chi connectivity index (χ4v) is 2.26. The molecule has 0 saturated heterocycles. The van der Waals surface area contributed by atoms with Gasteiger partial charge < -0.3 is 9.63 Å². The first-order valence-corrected chi connectivity index (χ1v) is 6.35. The van der Waals surface area contributed by atoms with Crippen LogP contribution in [-0.2, 0) is 5.67 Å². The fourth-order valence-electron chi connectivity index (χ4n) is 1.76. The number of benzene rings is 1. The number of hydrogen-bond donors (Lipinski definition) is 1. The van der Waals surface area contributed by atoms with E-state index >= 15 is 0 Å². The third-order valence-corrected chi connectivity index (χ3v) is 3.18. The summed E-state index contributed by atoms with van der Waals surface area (Å²) in [6.07, 6.45) is 0. The molecule has 1 heterocycles. The van der Waals surface area contributed by atoms with E-state index in [1.807, 2.05) is 0 Å². The predicted octanol–water partition coefficient (Wildman–Crippen LogP) is 4.55. The minimum absolute atomic E-state index is 0.0279. The van der Waals surface area contributed by atoms with Crippen molar-refractivity contribution in [2.45, 2.75) is 19.5 Å². The van der Waals surface area contributed by atoms with E-state index in [-0.39, 0.29) is 22.0 Å². The third-order valence-electron chi connectivity index (χ3n) is 2.63. The molecule has 20 heavy (non-hydrogen) atoms. The zero-order valence-electron chi connectivity index (χ0n) is 10.6. The van der Waals surface area contributed by atoms with Crippen LogP contribution in [0.3, 0.4) is 0 Å². The van der Waals surface area contributed by atoms with E-state index in [4.69, 9.17) is 27.7 Å². The molecule has 0 fully saturated rings. The van der Waals surface area contributed by atoms with Crippen LogP contribution < -0.4 is 0 Å². The van der Waals surface area contributed by atoms with Crippen LogP contribution >= 0.6 is 23.2 Å². The smallest absolute Gasteiger partial charge is 0.341 e. The van der Waals surface area contributed by atoms with Gasteiger partial charge in [-0.1, -0.05) is 28.4 Å². The summed E-state index contributed by atoms with van der Waals surface area (Å²) in [5.41, 5.74) is -2.04. The quantitative estimate of drug-likeness (QED) is 0.901. The van der Waals surface area contributed by atoms with E-state index in [0.29, 0.717) is 10.6 Å². The van der Waals surface area contributed by atoms with Gasteiger partial charge in [0.1, 0.15) is 11.3 Å². The maximum atomic E-state index is 14.0. The van der Waals surface area contributed by atoms with Crippen LogP contribution in [0.5, 0.6) is 0 Å². The topological polar surface area (TPSA) is 63.3 Å². The standard InChI is InChI=1S/C13H10Cl2FNO3/c1-13(2,16)11-9(12(18)19)10(17-20-11)7-4-3-6(14)5-8(7)15/h3-5H,1-2H3,(H,18,19). The molecular formula is C13H10Cl2FNO3. The number of alkyl halides is 1. The Kier molecular flexibility index (Phi) is 3.75. The van der Waals surface area contributed by atoms with E-state index in [0.717, 1.165) is 0 Å². The van der Waals surface area contributed by atoms with Gasteiger partial charge in [0.05, 0.1) is 5.02 Å². The molecule has 0 aliphatic rings. The maximum absolute atomic E-state index is 14.0. The van der Waals surface area contributed by atoms with Crippen molar-refractivity contribution in [3.05, 3.63) is 39.6 Å². The molecule has 0 radical (unpaired) electrons. The van der Waals surface area contributed by atoms with Gasteiger partial charge in [-0.25, -0.2) is 9.18 Å². The van der Waals surface area contributed by atoms with Gasteiger partial charge in [0.2, 0.25) is 0 Å². The summed E-state index contributed by atoms with van der Waals surface area (Å²) in [7, 11) is 0. The summed E-state index contributed by atoms with van der Waals surface area (Å²) in [5, 5.41) is 13.5. The molecule has 0 amide bonds. The van der Waals surface area contributed by atoms with Gasteiger partial charge >= 0.3 is 5.97 Å². The SMILES string of the molecule is CC(C)(F)c1onc(-c2ccc(Cl)cc2Cl)c1C(=O)O. The van der Waals surface area contributed by atoms with E-state index in [1.54, 1.807) is 0 Å². The first kappa shape index (κ1) is 14.8. The number of aromatic carboxylic acids is 1. The summed E-state index contributed by atoms with van der Waals surface area (Å²) >= 11 is 11.8. The van der Waals surface area contributed by atoms with Crippen molar-refractivity contribution in [2.75, 3.05) is 0 Å². The summed E-state index contributed by atoms with van der Waals surface area (Å²) in [4.78, 5) is 11.4. The Morgan fingerprint density at radius 3 is 2.55 bits per heavy atom. The van der Waals surface area contributed by atoms with Gasteiger partial charge in [0.15, 0.2) is 11.4 Å². The summed E-state index contributed by atoms with van der Waals surface area (Å²) in [5.74, 6) is -1.70. The number of rotatable bonds is 3. The minimum atomic E-state index is -1.97. The predicted molar refractivity (Wildman–Crippen MR) is 73.1 cm³/mol. The van der Waals surface area contributed by atoms with E-state index in [9.17, 15) is 14.3 Å². The van der Waals surface area contributed by atoms with E-state index < -0.39 is 11.6 Å². The molecule has 1 N–H and O–H groups in total. The van der Waals surface area contributed by atoms with Gasteiger partial charge in [-0.05, 0) is 32.0 Å². The molecule has 0 aliphatic heterocycles. The second-order valence-electron chi connectivity index (χ2n) is 4.64. The van der Waals surface area contributed by atoms with Crippen molar-refractivity contribution < 1.29 is 18.8 Å². The lowest BCUT2D eigenvalue weighted by molar-refractivity contribution is 0.0683. The molecule has 7 heteroatoms. The lowest BCUT2D eigenvalue weighted by atomic mass is 9.99. The van der Waals surface area contributed by atoms with E-state index in [1.165, 1.54) is 32.0 Å². The first-order chi connectivity index (χ1) is 9.21. The second kappa shape index (κ2) is 5.07. The maximum Gasteiger partial charge on any atom is 0.341 e. The zero-order chi connectivity index (χ0) is 15.1. The Labute approximate surface area is 124 Å². The molecule has 106 valence electrons. The van der Waals surface area contributed by atoms with Crippen LogP contribution in [0.25, 0.3) is 11.3 Å². The normalized spacial score (nSPS) is 11.7. The molecule has 2 rings (SSSR count). The van der Waals surface area contributed by atoms with Gasteiger partial charge in [-0.3, -0.25) is 0 Å². The summed E-state index contributed by atoms with van der Waals surface area (Å²) in [6, 6.07) is 4.48. The van der Waals surface area contributed by atoms with Gasteiger partial charge in [-0.15, -0.1) is 0 Å². The molecule has 2 aromatic rings. The number of carboxylic acids is 1. The first-order valence-electron chi connectivity index (χ1n) is 5.59. The zero-order valence-corrected chi connectivity index (χ0v) is 12.1. The highest BCUT2D eigenvalue weighted by molar-refractivity contribution is 6.36. The Morgan fingerprint density at radius 2 is 2.05 bits per heavy atom. The average molecular weight is 318 g/mol. The fraction of sp³-hybridized carbons (Fsp3) is 0.231. The lowest BCUT2D eigenvalue weighted by Gasteiger charge is -2.10. The van der Waals surface area contributed by atoms with Crippen LogP contribution in [0.15, 0.2) is 22.7 Å². The number of nitrogens with zero attached hydrogens (tertiary/aromatic N) is 1. The Morgan fingerprint density at radius 1 is 1.40 bits per heavy atom. The van der Waals surface area contributed by atoms with E-state index in [2.05, 4.69) is 5.16 Å². The van der Waals surface area contributed by atoms with Crippen LogP contribution in [0.2, 0.25) is 10.0 Å². The highest BCUT2D eigenvalue weighted by Crippen LogP contribution is 2.37. The monoisotopic (exact) mass is 317 g/mol. The van der Waals surface area contributed by atoms with Crippen LogP contribution in [0, 0.1) is 0 Å². The molecule has 0 unspecified atom stereocenters. The largest absolute Gasteiger partial charge is 0.477 e. The molecule has 0 aliphatic carbocycles. The molecule has 0 bridgehead atoms. The average Bonchev–Trinajstić information content (AvgIpc) is 2.72. The van der Waals surface area contributed by atoms with Gasteiger partial charge in [0, 0.05) is 10.6 Å². The Bertz CT molecular complexity index is 677. The van der Waals surface area contributed by atoms with Crippen molar-refractivity contribution in [2.24, 2.45) is 0 Å². The van der Waals surface area contributed by atoms with Gasteiger partial charge in [-0.2, -0.15) is 0 Å². The van der Waals surface area contributed by atoms with Crippen molar-refractivity contribution >= 4 is 29.2 Å². The van der Waals surface area contributed by atoms with Crippen molar-refractivity contribution in [1.29, 1.82) is 0 Å². The summed E-state index contributed by atoms with van der Waals surface area (Å²) < 4.78 is 18.8. The lowest BCUT2D eigenvalue weighted by Crippen LogP contribution is -2.13. The Balaban J connectivity index is 2.69. The number of halogens is 3. The number of aromatic nitrogens is 1. The van der Waals surface area contributed by atoms with Crippen LogP contribution in [-0.4, -0.2) is 16.2 Å². The molecule has 4 nitrogen and oxygen atoms in total. The molecule has 1 aromatic heterocycles. The number of hydrogen-bond acceptors (Lipinski definition) is 3. The minimum Gasteiger partial charge on any atom is -0.477 e. The van der Waals surface area contributed by atoms with Crippen molar-refractivity contribution in [3.63, 3.8) is 0 Å². The third kappa shape index (κ3) is 2.64. The number of carboxylic acid groups (broad SMARTS) is 1. The Hall–Kier alpha value is -1.59. The summed E-state index contributed by atoms with van der Waals surface area (Å²) in [6.45, 7) is 2.38.